The Morgan fingerprint density at radius 2 is 0.526 bits per heavy atom. The van der Waals surface area contributed by atoms with Crippen LogP contribution < -0.4 is 0 Å². The topological polar surface area (TPSA) is 237 Å². The van der Waals surface area contributed by atoms with Crippen LogP contribution in [0.1, 0.15) is 408 Å². The summed E-state index contributed by atoms with van der Waals surface area (Å²) in [5.74, 6) is -0.461. The van der Waals surface area contributed by atoms with Gasteiger partial charge in [-0.25, -0.2) is 9.13 Å². The molecule has 0 aliphatic rings. The highest BCUT2D eigenvalue weighted by Crippen LogP contribution is 2.45. The summed E-state index contributed by atoms with van der Waals surface area (Å²) in [7, 11) is -9.90. The molecule has 0 fully saturated rings. The summed E-state index contributed by atoms with van der Waals surface area (Å²) < 4.78 is 68.4. The van der Waals surface area contributed by atoms with Crippen LogP contribution in [0.15, 0.2) is 0 Å². The molecule has 0 aliphatic heterocycles. The fraction of sp³-hybridized carbons (Fsp3) is 0.949. The number of carbonyl (C=O) groups is 4. The highest BCUT2D eigenvalue weighted by molar-refractivity contribution is 7.47. The maximum Gasteiger partial charge on any atom is 0.472 e. The third kappa shape index (κ3) is 70.9. The highest BCUT2D eigenvalue weighted by Gasteiger charge is 2.30. The van der Waals surface area contributed by atoms with Crippen LogP contribution in [0.2, 0.25) is 0 Å². The second-order valence-corrected chi connectivity index (χ2v) is 31.7. The van der Waals surface area contributed by atoms with E-state index < -0.39 is 97.5 Å². The van der Waals surface area contributed by atoms with Crippen molar-refractivity contribution in [3.05, 3.63) is 0 Å². The van der Waals surface area contributed by atoms with Gasteiger partial charge in [0, 0.05) is 25.7 Å². The van der Waals surface area contributed by atoms with Crippen LogP contribution in [0.5, 0.6) is 0 Å². The Morgan fingerprint density at radius 1 is 0.299 bits per heavy atom. The van der Waals surface area contributed by atoms with E-state index in [2.05, 4.69) is 41.5 Å². The van der Waals surface area contributed by atoms with Crippen molar-refractivity contribution >= 4 is 39.5 Å². The van der Waals surface area contributed by atoms with Gasteiger partial charge in [-0.05, 0) is 37.5 Å². The molecule has 3 N–H and O–H groups in total. The lowest BCUT2D eigenvalue weighted by atomic mass is 9.99. The number of phosphoric ester groups is 2. The van der Waals surface area contributed by atoms with Crippen molar-refractivity contribution < 1.29 is 80.2 Å². The van der Waals surface area contributed by atoms with Gasteiger partial charge in [0.25, 0.3) is 0 Å². The fourth-order valence-electron chi connectivity index (χ4n) is 12.0. The number of hydrogen-bond donors (Lipinski definition) is 3. The molecule has 6 atom stereocenters. The Morgan fingerprint density at radius 3 is 0.784 bits per heavy atom. The number of hydrogen-bond acceptors (Lipinski definition) is 15. The molecule has 0 aromatic rings. The normalized spacial score (nSPS) is 14.2. The second-order valence-electron chi connectivity index (χ2n) is 28.8. The van der Waals surface area contributed by atoms with Crippen molar-refractivity contribution in [3.63, 3.8) is 0 Å². The van der Waals surface area contributed by atoms with Gasteiger partial charge < -0.3 is 33.8 Å². The quantitative estimate of drug-likeness (QED) is 0.0222. The van der Waals surface area contributed by atoms with Crippen LogP contribution in [0.25, 0.3) is 0 Å². The lowest BCUT2D eigenvalue weighted by Gasteiger charge is -2.21. The Balaban J connectivity index is 5.12. The largest absolute Gasteiger partial charge is 0.472 e. The van der Waals surface area contributed by atoms with Gasteiger partial charge in [-0.3, -0.25) is 37.3 Å². The summed E-state index contributed by atoms with van der Waals surface area (Å²) in [5, 5.41) is 10.6. The first kappa shape index (κ1) is 95.1. The van der Waals surface area contributed by atoms with Gasteiger partial charge in [-0.15, -0.1) is 0 Å². The second kappa shape index (κ2) is 69.8. The summed E-state index contributed by atoms with van der Waals surface area (Å²) in [6.45, 7) is 9.61. The molecule has 19 heteroatoms. The third-order valence-corrected chi connectivity index (χ3v) is 20.5. The van der Waals surface area contributed by atoms with Crippen LogP contribution >= 0.6 is 15.6 Å². The molecule has 0 aromatic carbocycles. The predicted octanol–water partition coefficient (Wildman–Crippen LogP) is 23.1. The summed E-state index contributed by atoms with van der Waals surface area (Å²) in [4.78, 5) is 72.6. The van der Waals surface area contributed by atoms with Gasteiger partial charge in [-0.2, -0.15) is 0 Å². The zero-order valence-corrected chi connectivity index (χ0v) is 65.2. The van der Waals surface area contributed by atoms with E-state index in [9.17, 15) is 43.2 Å². The minimum atomic E-state index is -4.96. The number of phosphoric acid groups is 2. The fourth-order valence-corrected chi connectivity index (χ4v) is 13.6. The Hall–Kier alpha value is -1.94. The van der Waals surface area contributed by atoms with E-state index in [1.165, 1.54) is 218 Å². The SMILES string of the molecule is CCCCCCCCCCCCCCCCC(=O)O[C@H](COC(=O)CCCCCCC)COP(=O)(O)OC[C@H](O)COP(=O)(O)OC[C@@H](COC(=O)CCCCCCCCCCCCCCCC(C)C)OC(=O)CCCCCCCCCCCCCCCCCCCCC(C)CC. The Labute approximate surface area is 594 Å². The molecule has 0 rings (SSSR count). The minimum absolute atomic E-state index is 0.107. The van der Waals surface area contributed by atoms with Gasteiger partial charge in [-0.1, -0.05) is 356 Å². The molecule has 0 heterocycles. The van der Waals surface area contributed by atoms with Gasteiger partial charge >= 0.3 is 39.5 Å². The number of aliphatic hydroxyl groups excluding tert-OH is 1. The van der Waals surface area contributed by atoms with Gasteiger partial charge in [0.05, 0.1) is 26.4 Å². The number of ether oxygens (including phenoxy) is 4. The smallest absolute Gasteiger partial charge is 0.462 e. The minimum Gasteiger partial charge on any atom is -0.462 e. The van der Waals surface area contributed by atoms with Crippen LogP contribution in [-0.2, 0) is 65.4 Å². The van der Waals surface area contributed by atoms with Crippen molar-refractivity contribution in [3.8, 4) is 0 Å². The van der Waals surface area contributed by atoms with E-state index in [-0.39, 0.29) is 25.7 Å². The van der Waals surface area contributed by atoms with Gasteiger partial charge in [0.2, 0.25) is 0 Å². The van der Waals surface area contributed by atoms with E-state index >= 15 is 0 Å². The molecule has 0 aromatic heterocycles. The van der Waals surface area contributed by atoms with Crippen LogP contribution in [0.3, 0.4) is 0 Å². The Kier molecular flexibility index (Phi) is 68.4. The first-order valence-corrected chi connectivity index (χ1v) is 43.5. The summed E-state index contributed by atoms with van der Waals surface area (Å²) in [5.41, 5.74) is 0. The number of carbonyl (C=O) groups excluding carboxylic acids is 4. The van der Waals surface area contributed by atoms with Gasteiger partial charge in [0.1, 0.15) is 19.3 Å². The Bertz CT molecular complexity index is 1870. The van der Waals surface area contributed by atoms with E-state index in [0.717, 1.165) is 108 Å². The average molecular weight is 1420 g/mol. The average Bonchev–Trinajstić information content (AvgIpc) is 1.30. The van der Waals surface area contributed by atoms with Crippen molar-refractivity contribution in [1.29, 1.82) is 0 Å². The molecule has 97 heavy (non-hydrogen) atoms. The van der Waals surface area contributed by atoms with E-state index in [1.54, 1.807) is 0 Å². The summed E-state index contributed by atoms with van der Waals surface area (Å²) in [6.07, 6.45) is 58.7. The molecular weight excluding hydrogens is 1270 g/mol. The number of esters is 4. The molecule has 17 nitrogen and oxygen atoms in total. The molecule has 0 radical (unpaired) electrons. The highest BCUT2D eigenvalue weighted by atomic mass is 31.2. The monoisotopic (exact) mass is 1420 g/mol. The van der Waals surface area contributed by atoms with E-state index in [0.29, 0.717) is 25.7 Å². The third-order valence-electron chi connectivity index (χ3n) is 18.6. The summed E-state index contributed by atoms with van der Waals surface area (Å²) >= 11 is 0. The number of aliphatic hydroxyl groups is 1. The molecule has 3 unspecified atom stereocenters. The maximum atomic E-state index is 13.1. The molecule has 0 bridgehead atoms. The van der Waals surface area contributed by atoms with Crippen molar-refractivity contribution in [1.82, 2.24) is 0 Å². The molecule has 0 amide bonds. The first-order chi connectivity index (χ1) is 46.9. The van der Waals surface area contributed by atoms with E-state index in [1.807, 2.05) is 0 Å². The number of unbranched alkanes of at least 4 members (excludes halogenated alkanes) is 46. The first-order valence-electron chi connectivity index (χ1n) is 40.5. The number of rotatable bonds is 77. The lowest BCUT2D eigenvalue weighted by Crippen LogP contribution is -2.30. The van der Waals surface area contributed by atoms with Crippen molar-refractivity contribution in [2.24, 2.45) is 11.8 Å². The zero-order valence-electron chi connectivity index (χ0n) is 63.4. The van der Waals surface area contributed by atoms with Crippen LogP contribution in [0.4, 0.5) is 0 Å². The predicted molar refractivity (Wildman–Crippen MR) is 395 cm³/mol. The molecule has 0 saturated carbocycles. The molecule has 0 aliphatic carbocycles. The lowest BCUT2D eigenvalue weighted by molar-refractivity contribution is -0.161. The van der Waals surface area contributed by atoms with Crippen molar-refractivity contribution in [2.75, 3.05) is 39.6 Å². The van der Waals surface area contributed by atoms with Crippen LogP contribution in [-0.4, -0.2) is 96.7 Å². The van der Waals surface area contributed by atoms with Crippen molar-refractivity contribution in [2.45, 2.75) is 426 Å². The maximum absolute atomic E-state index is 13.1. The molecular formula is C78H152O17P2. The van der Waals surface area contributed by atoms with E-state index in [4.69, 9.17) is 37.0 Å². The molecule has 0 saturated heterocycles. The zero-order chi connectivity index (χ0) is 71.4. The molecule has 576 valence electrons. The van der Waals surface area contributed by atoms with Gasteiger partial charge in [0.15, 0.2) is 12.2 Å². The summed E-state index contributed by atoms with van der Waals surface area (Å²) in [6, 6.07) is 0. The molecule has 0 spiro atoms. The standard InChI is InChI=1S/C78H152O17P2/c1-7-10-12-14-15-16-17-18-28-34-39-44-50-56-62-77(82)94-73(66-88-75(80)60-54-46-13-11-8-2)68-92-96(84,85)90-64-72(79)65-91-97(86,87)93-69-74(67-89-76(81)61-55-49-43-38-33-30-25-26-31-36-41-47-52-58-70(4)5)95-78(83)63-57-51-45-40-35-29-24-22-20-19-21-23-27-32-37-42-48-53-59-71(6)9-3/h70-74,79H,7-69H2,1-6H3,(H,84,85)(H,86,87)/t71?,72-,73+,74+/m0/s1. The van der Waals surface area contributed by atoms with Crippen LogP contribution in [0, 0.1) is 11.8 Å².